The zero-order valence-electron chi connectivity index (χ0n) is 16.8. The average molecular weight is 437 g/mol. The number of hydrogen-bond acceptors (Lipinski definition) is 5. The van der Waals surface area contributed by atoms with Crippen LogP contribution in [0.4, 0.5) is 21.9 Å². The molecular weight excluding hydrogens is 418 g/mol. The van der Waals surface area contributed by atoms with Gasteiger partial charge in [0, 0.05) is 12.1 Å². The highest BCUT2D eigenvalue weighted by molar-refractivity contribution is 7.94. The minimum absolute atomic E-state index is 0.0270. The van der Waals surface area contributed by atoms with E-state index in [0.717, 1.165) is 4.31 Å². The lowest BCUT2D eigenvalue weighted by Gasteiger charge is -2.37. The molecule has 0 atom stereocenters. The second kappa shape index (κ2) is 7.51. The lowest BCUT2D eigenvalue weighted by molar-refractivity contribution is -0.384. The molecule has 2 amide bonds. The molecule has 0 aliphatic carbocycles. The molecule has 3 aromatic rings. The van der Waals surface area contributed by atoms with Crippen LogP contribution in [0, 0.1) is 24.0 Å². The molecule has 0 spiro atoms. The van der Waals surface area contributed by atoms with Crippen molar-refractivity contribution in [3.05, 3.63) is 93.5 Å². The van der Waals surface area contributed by atoms with Gasteiger partial charge in [-0.2, -0.15) is 4.31 Å². The molecule has 4 rings (SSSR count). The minimum atomic E-state index is -4.12. The zero-order valence-corrected chi connectivity index (χ0v) is 17.7. The topological polar surface area (TPSA) is 101 Å². The molecule has 3 aromatic carbocycles. The number of sulfonamides is 1. The molecule has 0 saturated heterocycles. The zero-order chi connectivity index (χ0) is 22.3. The van der Waals surface area contributed by atoms with Gasteiger partial charge in [-0.1, -0.05) is 42.5 Å². The maximum Gasteiger partial charge on any atom is 0.343 e. The van der Waals surface area contributed by atoms with Crippen LogP contribution < -0.4 is 9.21 Å². The quantitative estimate of drug-likeness (QED) is 0.440. The number of aryl methyl sites for hydroxylation is 2. The van der Waals surface area contributed by atoms with Crippen LogP contribution in [0.5, 0.6) is 0 Å². The fourth-order valence-corrected chi connectivity index (χ4v) is 5.43. The van der Waals surface area contributed by atoms with E-state index in [1.165, 1.54) is 23.1 Å². The second-order valence-corrected chi connectivity index (χ2v) is 9.02. The predicted molar refractivity (Wildman–Crippen MR) is 117 cm³/mol. The Bertz CT molecular complexity index is 1280. The number of rotatable bonds is 4. The molecule has 0 saturated carbocycles. The third-order valence-corrected chi connectivity index (χ3v) is 6.93. The molecule has 0 fully saturated rings. The Morgan fingerprint density at radius 2 is 1.52 bits per heavy atom. The average Bonchev–Trinajstić information content (AvgIpc) is 2.73. The molecule has 31 heavy (non-hydrogen) atoms. The van der Waals surface area contributed by atoms with Gasteiger partial charge in [0.15, 0.2) is 0 Å². The van der Waals surface area contributed by atoms with Gasteiger partial charge in [-0.3, -0.25) is 15.0 Å². The first kappa shape index (κ1) is 20.5. The minimum Gasteiger partial charge on any atom is -0.287 e. The van der Waals surface area contributed by atoms with Crippen molar-refractivity contribution in [2.24, 2.45) is 0 Å². The lowest BCUT2D eigenvalue weighted by atomic mass is 10.1. The summed E-state index contributed by atoms with van der Waals surface area (Å²) in [7, 11) is -4.12. The van der Waals surface area contributed by atoms with E-state index in [1.54, 1.807) is 62.4 Å². The molecule has 1 aliphatic rings. The third-order valence-electron chi connectivity index (χ3n) is 5.21. The standard InChI is InChI=1S/C22H19N3O5S/c1-15-6-5-7-16(2)21(15)24-22(26)23(14-17-10-12-18(13-11-17)25(27)28)19-8-3-4-9-20(19)31(24,29)30/h3-13H,14H2,1-2H3. The maximum absolute atomic E-state index is 13.6. The first-order valence-corrected chi connectivity index (χ1v) is 10.9. The number of anilines is 2. The highest BCUT2D eigenvalue weighted by atomic mass is 32.2. The Morgan fingerprint density at radius 3 is 2.13 bits per heavy atom. The third kappa shape index (κ3) is 3.42. The number of non-ortho nitro benzene ring substituents is 1. The van der Waals surface area contributed by atoms with Crippen LogP contribution in [0.25, 0.3) is 0 Å². The Morgan fingerprint density at radius 1 is 0.903 bits per heavy atom. The Balaban J connectivity index is 1.86. The van der Waals surface area contributed by atoms with Crippen LogP contribution in [0.2, 0.25) is 0 Å². The molecule has 0 N–H and O–H groups in total. The van der Waals surface area contributed by atoms with Crippen LogP contribution in [-0.2, 0) is 16.6 Å². The van der Waals surface area contributed by atoms with E-state index in [2.05, 4.69) is 0 Å². The van der Waals surface area contributed by atoms with Crippen LogP contribution in [0.1, 0.15) is 16.7 Å². The van der Waals surface area contributed by atoms with E-state index >= 15 is 0 Å². The fourth-order valence-electron chi connectivity index (χ4n) is 3.71. The van der Waals surface area contributed by atoms with Gasteiger partial charge in [0.05, 0.1) is 22.8 Å². The number of para-hydroxylation sites is 2. The van der Waals surface area contributed by atoms with E-state index in [4.69, 9.17) is 0 Å². The molecule has 1 aliphatic heterocycles. The van der Waals surface area contributed by atoms with Crippen molar-refractivity contribution in [3.8, 4) is 0 Å². The summed E-state index contributed by atoms with van der Waals surface area (Å²) in [5.41, 5.74) is 2.49. The lowest BCUT2D eigenvalue weighted by Crippen LogP contribution is -2.51. The van der Waals surface area contributed by atoms with Crippen LogP contribution >= 0.6 is 0 Å². The smallest absolute Gasteiger partial charge is 0.287 e. The van der Waals surface area contributed by atoms with Crippen molar-refractivity contribution in [2.75, 3.05) is 9.21 Å². The SMILES string of the molecule is Cc1cccc(C)c1N1C(=O)N(Cc2ccc([N+](=O)[O-])cc2)c2ccccc2S1(=O)=O. The summed E-state index contributed by atoms with van der Waals surface area (Å²) in [6.07, 6.45) is 0. The highest BCUT2D eigenvalue weighted by Crippen LogP contribution is 2.40. The molecule has 0 radical (unpaired) electrons. The van der Waals surface area contributed by atoms with Crippen molar-refractivity contribution in [1.82, 2.24) is 0 Å². The molecule has 0 aromatic heterocycles. The number of amides is 2. The van der Waals surface area contributed by atoms with E-state index < -0.39 is 21.0 Å². The Hall–Kier alpha value is -3.72. The van der Waals surface area contributed by atoms with Crippen molar-refractivity contribution in [3.63, 3.8) is 0 Å². The summed E-state index contributed by atoms with van der Waals surface area (Å²) in [5, 5.41) is 10.9. The van der Waals surface area contributed by atoms with Gasteiger partial charge in [0.25, 0.3) is 15.7 Å². The first-order valence-electron chi connectivity index (χ1n) is 9.47. The number of hydrogen-bond donors (Lipinski definition) is 0. The number of carbonyl (C=O) groups excluding carboxylic acids is 1. The molecule has 158 valence electrons. The summed E-state index contributed by atoms with van der Waals surface area (Å²) < 4.78 is 27.7. The van der Waals surface area contributed by atoms with Crippen molar-refractivity contribution < 1.29 is 18.1 Å². The van der Waals surface area contributed by atoms with Crippen molar-refractivity contribution in [2.45, 2.75) is 25.3 Å². The number of nitro groups is 1. The number of benzene rings is 3. The van der Waals surface area contributed by atoms with Gasteiger partial charge in [-0.15, -0.1) is 0 Å². The maximum atomic E-state index is 13.6. The normalized spacial score (nSPS) is 15.0. The Labute approximate surface area is 179 Å². The van der Waals surface area contributed by atoms with Crippen molar-refractivity contribution >= 4 is 33.1 Å². The van der Waals surface area contributed by atoms with Gasteiger partial charge in [0.2, 0.25) is 0 Å². The first-order chi connectivity index (χ1) is 14.7. The van der Waals surface area contributed by atoms with Gasteiger partial charge in [-0.25, -0.2) is 13.2 Å². The number of urea groups is 1. The van der Waals surface area contributed by atoms with Crippen LogP contribution in [0.15, 0.2) is 71.6 Å². The molecule has 8 nitrogen and oxygen atoms in total. The Kier molecular flexibility index (Phi) is 4.98. The number of carbonyl (C=O) groups is 1. The number of nitro benzene ring substituents is 1. The van der Waals surface area contributed by atoms with E-state index in [-0.39, 0.29) is 22.8 Å². The number of fused-ring (bicyclic) bond motifs is 1. The van der Waals surface area contributed by atoms with Gasteiger partial charge in [-0.05, 0) is 42.7 Å². The summed E-state index contributed by atoms with van der Waals surface area (Å²) in [6, 6.07) is 16.8. The largest absolute Gasteiger partial charge is 0.343 e. The van der Waals surface area contributed by atoms with Gasteiger partial charge in [0.1, 0.15) is 4.90 Å². The monoisotopic (exact) mass is 437 g/mol. The second-order valence-electron chi connectivity index (χ2n) is 7.27. The van der Waals surface area contributed by atoms with Crippen LogP contribution in [-0.4, -0.2) is 19.4 Å². The van der Waals surface area contributed by atoms with E-state index in [0.29, 0.717) is 22.4 Å². The highest BCUT2D eigenvalue weighted by Gasteiger charge is 2.43. The fraction of sp³-hybridized carbons (Fsp3) is 0.136. The summed E-state index contributed by atoms with van der Waals surface area (Å²) in [4.78, 5) is 25.4. The predicted octanol–water partition coefficient (Wildman–Crippen LogP) is 4.55. The van der Waals surface area contributed by atoms with Gasteiger partial charge >= 0.3 is 6.03 Å². The van der Waals surface area contributed by atoms with Gasteiger partial charge < -0.3 is 0 Å². The molecule has 0 unspecified atom stereocenters. The van der Waals surface area contributed by atoms with E-state index in [9.17, 15) is 23.3 Å². The van der Waals surface area contributed by atoms with E-state index in [1.807, 2.05) is 0 Å². The summed E-state index contributed by atoms with van der Waals surface area (Å²) >= 11 is 0. The molecule has 9 heteroatoms. The summed E-state index contributed by atoms with van der Waals surface area (Å²) in [5.74, 6) is 0. The summed E-state index contributed by atoms with van der Waals surface area (Å²) in [6.45, 7) is 3.57. The molecule has 1 heterocycles. The molecule has 0 bridgehead atoms. The number of nitrogens with zero attached hydrogens (tertiary/aromatic N) is 3. The van der Waals surface area contributed by atoms with Crippen LogP contribution in [0.3, 0.4) is 0 Å². The molecular formula is C22H19N3O5S. The van der Waals surface area contributed by atoms with Crippen molar-refractivity contribution in [1.29, 1.82) is 0 Å².